The van der Waals surface area contributed by atoms with Gasteiger partial charge in [-0.2, -0.15) is 0 Å². The molecular formula is C21H17Cl2N3O3. The number of nitrogens with one attached hydrogen (secondary N) is 3. The van der Waals surface area contributed by atoms with Crippen molar-refractivity contribution in [2.75, 3.05) is 5.32 Å². The molecule has 0 spiro atoms. The van der Waals surface area contributed by atoms with Gasteiger partial charge in [-0.25, -0.2) is 10.2 Å². The van der Waals surface area contributed by atoms with Crippen LogP contribution in [0.4, 0.5) is 10.5 Å². The third-order valence-electron chi connectivity index (χ3n) is 3.81. The molecule has 0 aliphatic rings. The summed E-state index contributed by atoms with van der Waals surface area (Å²) in [5.41, 5.74) is 6.25. The summed E-state index contributed by atoms with van der Waals surface area (Å²) in [6.07, 6.45) is 0. The topological polar surface area (TPSA) is 79.5 Å². The van der Waals surface area contributed by atoms with Gasteiger partial charge in [0.05, 0.1) is 10.6 Å². The normalized spacial score (nSPS) is 10.1. The van der Waals surface area contributed by atoms with Crippen LogP contribution in [0.25, 0.3) is 0 Å². The number of amides is 3. The second kappa shape index (κ2) is 9.82. The number of anilines is 1. The van der Waals surface area contributed by atoms with Crippen molar-refractivity contribution < 1.29 is 14.3 Å². The Morgan fingerprint density at radius 1 is 0.862 bits per heavy atom. The maximum Gasteiger partial charge on any atom is 0.337 e. The summed E-state index contributed by atoms with van der Waals surface area (Å²) in [6.45, 7) is 0.383. The van der Waals surface area contributed by atoms with Gasteiger partial charge in [0.2, 0.25) is 0 Å². The van der Waals surface area contributed by atoms with Gasteiger partial charge < -0.3 is 10.1 Å². The molecule has 0 atom stereocenters. The molecule has 3 aromatic carbocycles. The predicted octanol–water partition coefficient (Wildman–Crippen LogP) is 5.04. The van der Waals surface area contributed by atoms with Crippen LogP contribution < -0.4 is 20.9 Å². The Kier molecular flexibility index (Phi) is 6.94. The SMILES string of the molecule is O=C(NNC(=O)c1ccc(OCc2ccccc2)cc1Cl)Nc1cccc(Cl)c1. The molecule has 6 nitrogen and oxygen atoms in total. The van der Waals surface area contributed by atoms with Crippen LogP contribution in [0.1, 0.15) is 15.9 Å². The largest absolute Gasteiger partial charge is 0.489 e. The van der Waals surface area contributed by atoms with Crippen molar-refractivity contribution in [3.8, 4) is 5.75 Å². The third-order valence-corrected chi connectivity index (χ3v) is 4.35. The van der Waals surface area contributed by atoms with E-state index in [1.54, 1.807) is 36.4 Å². The number of hydrogen-bond donors (Lipinski definition) is 3. The summed E-state index contributed by atoms with van der Waals surface area (Å²) in [4.78, 5) is 24.2. The molecule has 0 aromatic heterocycles. The van der Waals surface area contributed by atoms with Crippen LogP contribution in [0.15, 0.2) is 72.8 Å². The Bertz CT molecular complexity index is 1010. The molecule has 148 valence electrons. The summed E-state index contributed by atoms with van der Waals surface area (Å²) >= 11 is 12.0. The van der Waals surface area contributed by atoms with E-state index >= 15 is 0 Å². The molecule has 8 heteroatoms. The van der Waals surface area contributed by atoms with Crippen LogP contribution in [0, 0.1) is 0 Å². The molecule has 0 heterocycles. The number of carbonyl (C=O) groups excluding carboxylic acids is 2. The third kappa shape index (κ3) is 6.14. The van der Waals surface area contributed by atoms with Gasteiger partial charge in [0.25, 0.3) is 5.91 Å². The maximum absolute atomic E-state index is 12.3. The lowest BCUT2D eigenvalue weighted by atomic mass is 10.2. The van der Waals surface area contributed by atoms with Crippen LogP contribution >= 0.6 is 23.2 Å². The van der Waals surface area contributed by atoms with E-state index in [1.165, 1.54) is 6.07 Å². The number of rotatable bonds is 5. The smallest absolute Gasteiger partial charge is 0.337 e. The van der Waals surface area contributed by atoms with Gasteiger partial charge in [0.1, 0.15) is 12.4 Å². The van der Waals surface area contributed by atoms with E-state index in [0.29, 0.717) is 23.1 Å². The van der Waals surface area contributed by atoms with Gasteiger partial charge in [-0.3, -0.25) is 10.2 Å². The summed E-state index contributed by atoms with van der Waals surface area (Å²) in [5, 5.41) is 3.22. The highest BCUT2D eigenvalue weighted by atomic mass is 35.5. The lowest BCUT2D eigenvalue weighted by Gasteiger charge is -2.11. The molecular weight excluding hydrogens is 413 g/mol. The predicted molar refractivity (Wildman–Crippen MR) is 113 cm³/mol. The minimum atomic E-state index is -0.625. The van der Waals surface area contributed by atoms with E-state index in [2.05, 4.69) is 16.2 Å². The Labute approximate surface area is 177 Å². The zero-order chi connectivity index (χ0) is 20.6. The number of hydrogen-bond acceptors (Lipinski definition) is 3. The zero-order valence-corrected chi connectivity index (χ0v) is 16.6. The second-order valence-corrected chi connectivity index (χ2v) is 6.80. The average molecular weight is 430 g/mol. The fraction of sp³-hybridized carbons (Fsp3) is 0.0476. The molecule has 0 saturated carbocycles. The van der Waals surface area contributed by atoms with Gasteiger partial charge in [-0.1, -0.05) is 59.6 Å². The molecule has 0 unspecified atom stereocenters. The van der Waals surface area contributed by atoms with Crippen molar-refractivity contribution in [1.82, 2.24) is 10.9 Å². The first kappa shape index (κ1) is 20.5. The Hall–Kier alpha value is -3.22. The fourth-order valence-electron chi connectivity index (χ4n) is 2.42. The van der Waals surface area contributed by atoms with E-state index in [1.807, 2.05) is 30.3 Å². The minimum absolute atomic E-state index is 0.196. The van der Waals surface area contributed by atoms with E-state index in [9.17, 15) is 9.59 Å². The number of urea groups is 1. The minimum Gasteiger partial charge on any atom is -0.489 e. The molecule has 29 heavy (non-hydrogen) atoms. The number of halogens is 2. The molecule has 0 radical (unpaired) electrons. The van der Waals surface area contributed by atoms with Crippen LogP contribution in [0.5, 0.6) is 5.75 Å². The molecule has 0 bridgehead atoms. The molecule has 0 saturated heterocycles. The Morgan fingerprint density at radius 2 is 1.66 bits per heavy atom. The number of ether oxygens (including phenoxy) is 1. The molecule has 3 amide bonds. The van der Waals surface area contributed by atoms with E-state index < -0.39 is 11.9 Å². The first-order chi connectivity index (χ1) is 14.0. The van der Waals surface area contributed by atoms with Crippen LogP contribution in [-0.4, -0.2) is 11.9 Å². The van der Waals surface area contributed by atoms with Crippen molar-refractivity contribution in [3.05, 3.63) is 94.0 Å². The summed E-state index contributed by atoms with van der Waals surface area (Å²) in [6, 6.07) is 20.4. The molecule has 0 aliphatic carbocycles. The standard InChI is InChI=1S/C21H17Cl2N3O3/c22-15-7-4-8-16(11-15)24-21(28)26-25-20(27)18-10-9-17(12-19(18)23)29-13-14-5-2-1-3-6-14/h1-12H,13H2,(H,25,27)(H2,24,26,28). The fourth-order valence-corrected chi connectivity index (χ4v) is 2.87. The lowest BCUT2D eigenvalue weighted by molar-refractivity contribution is 0.0938. The van der Waals surface area contributed by atoms with E-state index in [-0.39, 0.29) is 10.6 Å². The molecule has 0 aliphatic heterocycles. The zero-order valence-electron chi connectivity index (χ0n) is 15.1. The highest BCUT2D eigenvalue weighted by Crippen LogP contribution is 2.23. The Balaban J connectivity index is 1.53. The first-order valence-corrected chi connectivity index (χ1v) is 9.36. The number of benzene rings is 3. The summed E-state index contributed by atoms with van der Waals surface area (Å²) in [7, 11) is 0. The second-order valence-electron chi connectivity index (χ2n) is 5.96. The van der Waals surface area contributed by atoms with Gasteiger partial charge in [-0.15, -0.1) is 0 Å². The first-order valence-electron chi connectivity index (χ1n) is 8.60. The van der Waals surface area contributed by atoms with Gasteiger partial charge in [0, 0.05) is 10.7 Å². The quantitative estimate of drug-likeness (QED) is 0.497. The van der Waals surface area contributed by atoms with Crippen molar-refractivity contribution in [1.29, 1.82) is 0 Å². The van der Waals surface area contributed by atoms with Gasteiger partial charge >= 0.3 is 6.03 Å². The number of carbonyl (C=O) groups is 2. The van der Waals surface area contributed by atoms with Crippen molar-refractivity contribution in [2.45, 2.75) is 6.61 Å². The monoisotopic (exact) mass is 429 g/mol. The average Bonchev–Trinajstić information content (AvgIpc) is 2.71. The molecule has 3 N–H and O–H groups in total. The van der Waals surface area contributed by atoms with Crippen molar-refractivity contribution in [2.24, 2.45) is 0 Å². The highest BCUT2D eigenvalue weighted by Gasteiger charge is 2.12. The Morgan fingerprint density at radius 3 is 2.38 bits per heavy atom. The van der Waals surface area contributed by atoms with E-state index in [0.717, 1.165) is 5.56 Å². The van der Waals surface area contributed by atoms with Gasteiger partial charge in [0.15, 0.2) is 0 Å². The molecule has 3 aromatic rings. The lowest BCUT2D eigenvalue weighted by Crippen LogP contribution is -2.44. The van der Waals surface area contributed by atoms with E-state index in [4.69, 9.17) is 27.9 Å². The van der Waals surface area contributed by atoms with Crippen LogP contribution in [0.3, 0.4) is 0 Å². The summed E-state index contributed by atoms with van der Waals surface area (Å²) in [5.74, 6) is -0.0343. The van der Waals surface area contributed by atoms with Gasteiger partial charge in [-0.05, 0) is 42.0 Å². The van der Waals surface area contributed by atoms with Crippen LogP contribution in [0.2, 0.25) is 10.0 Å². The molecule has 0 fully saturated rings. The van der Waals surface area contributed by atoms with Crippen LogP contribution in [-0.2, 0) is 6.61 Å². The van der Waals surface area contributed by atoms with Crippen molar-refractivity contribution >= 4 is 40.8 Å². The summed E-state index contributed by atoms with van der Waals surface area (Å²) < 4.78 is 5.68. The highest BCUT2D eigenvalue weighted by molar-refractivity contribution is 6.34. The molecule has 3 rings (SSSR count). The van der Waals surface area contributed by atoms with Crippen molar-refractivity contribution in [3.63, 3.8) is 0 Å². The maximum atomic E-state index is 12.3. The number of hydrazine groups is 1.